The molecule has 6 rings (SSSR count). The van der Waals surface area contributed by atoms with Crippen LogP contribution in [-0.2, 0) is 4.74 Å². The van der Waals surface area contributed by atoms with Gasteiger partial charge < -0.3 is 24.3 Å². The molecule has 3 unspecified atom stereocenters. The van der Waals surface area contributed by atoms with E-state index in [1.165, 1.54) is 19.3 Å². The van der Waals surface area contributed by atoms with E-state index >= 15 is 0 Å². The number of fused-ring (bicyclic) bond motifs is 3. The van der Waals surface area contributed by atoms with E-state index in [0.29, 0.717) is 54.5 Å². The van der Waals surface area contributed by atoms with Crippen molar-refractivity contribution in [2.75, 3.05) is 31.7 Å². The minimum absolute atomic E-state index is 0.0268. The highest BCUT2D eigenvalue weighted by Gasteiger charge is 2.37. The topological polar surface area (TPSA) is 70.8 Å². The van der Waals surface area contributed by atoms with Gasteiger partial charge in [-0.1, -0.05) is 42.8 Å². The van der Waals surface area contributed by atoms with Crippen LogP contribution in [0.15, 0.2) is 52.9 Å². The molecular weight excluding hydrogens is 428 g/mol. The van der Waals surface area contributed by atoms with Crippen molar-refractivity contribution < 1.29 is 13.9 Å². The summed E-state index contributed by atoms with van der Waals surface area (Å²) in [7, 11) is 2.23. The first-order valence-electron chi connectivity index (χ1n) is 12.5. The molecule has 2 aromatic carbocycles. The van der Waals surface area contributed by atoms with Gasteiger partial charge >= 0.3 is 0 Å². The van der Waals surface area contributed by atoms with Gasteiger partial charge in [-0.25, -0.2) is 0 Å². The number of ether oxygens (including phenoxy) is 1. The van der Waals surface area contributed by atoms with Crippen molar-refractivity contribution >= 4 is 23.0 Å². The molecule has 2 bridgehead atoms. The van der Waals surface area contributed by atoms with Gasteiger partial charge in [0.1, 0.15) is 5.52 Å². The fourth-order valence-corrected chi connectivity index (χ4v) is 6.02. The van der Waals surface area contributed by atoms with Crippen molar-refractivity contribution in [3.63, 3.8) is 0 Å². The van der Waals surface area contributed by atoms with E-state index in [2.05, 4.69) is 34.3 Å². The van der Waals surface area contributed by atoms with Crippen LogP contribution in [0.2, 0.25) is 0 Å². The van der Waals surface area contributed by atoms with E-state index in [-0.39, 0.29) is 18.0 Å². The number of hydrogen-bond acceptors (Lipinski definition) is 6. The zero-order valence-corrected chi connectivity index (χ0v) is 19.7. The number of piperidine rings is 2. The predicted octanol–water partition coefficient (Wildman–Crippen LogP) is 4.15. The van der Waals surface area contributed by atoms with E-state index in [0.717, 1.165) is 18.4 Å². The van der Waals surface area contributed by atoms with E-state index in [1.54, 1.807) is 0 Å². The SMILES string of the molecule is CN1C2CCCC1CC(NC(=O)c1cccc3oc(N4CCOCC4c4ccccc4)nc13)C2. The fraction of sp³-hybridized carbons (Fsp3) is 0.481. The Hall–Kier alpha value is -2.90. The lowest BCUT2D eigenvalue weighted by atomic mass is 9.82. The van der Waals surface area contributed by atoms with Crippen molar-refractivity contribution in [3.8, 4) is 0 Å². The highest BCUT2D eigenvalue weighted by molar-refractivity contribution is 6.04. The van der Waals surface area contributed by atoms with Crippen LogP contribution in [0.4, 0.5) is 6.01 Å². The molecule has 3 saturated heterocycles. The summed E-state index contributed by atoms with van der Waals surface area (Å²) in [5.41, 5.74) is 3.01. The number of nitrogens with one attached hydrogen (secondary N) is 1. The Balaban J connectivity index is 1.25. The maximum Gasteiger partial charge on any atom is 0.299 e. The molecule has 1 aromatic heterocycles. The fourth-order valence-electron chi connectivity index (χ4n) is 6.02. The largest absolute Gasteiger partial charge is 0.423 e. The number of aromatic nitrogens is 1. The standard InChI is InChI=1S/C27H32N4O3/c1-30-20-9-5-10-21(30)16-19(15-20)28-26(32)22-11-6-12-24-25(22)29-27(34-24)31-13-14-33-17-23(31)18-7-3-2-4-8-18/h2-4,6-8,11-12,19-21,23H,5,9-10,13-17H2,1H3,(H,28,32). The second-order valence-electron chi connectivity index (χ2n) is 9.89. The van der Waals surface area contributed by atoms with Crippen molar-refractivity contribution in [1.29, 1.82) is 0 Å². The first-order valence-corrected chi connectivity index (χ1v) is 12.5. The third kappa shape index (κ3) is 3.97. The van der Waals surface area contributed by atoms with Crippen LogP contribution in [0.25, 0.3) is 11.1 Å². The van der Waals surface area contributed by atoms with E-state index in [4.69, 9.17) is 14.1 Å². The Bertz CT molecular complexity index is 1150. The summed E-state index contributed by atoms with van der Waals surface area (Å²) in [4.78, 5) is 22.9. The van der Waals surface area contributed by atoms with Gasteiger partial charge in [0.15, 0.2) is 5.58 Å². The molecule has 3 fully saturated rings. The number of para-hydroxylation sites is 1. The molecule has 34 heavy (non-hydrogen) atoms. The predicted molar refractivity (Wildman–Crippen MR) is 131 cm³/mol. The lowest BCUT2D eigenvalue weighted by Crippen LogP contribution is -2.55. The minimum Gasteiger partial charge on any atom is -0.423 e. The summed E-state index contributed by atoms with van der Waals surface area (Å²) in [5, 5.41) is 3.32. The first kappa shape index (κ1) is 21.6. The van der Waals surface area contributed by atoms with Crippen LogP contribution in [0.5, 0.6) is 0 Å². The zero-order chi connectivity index (χ0) is 23.1. The third-order valence-electron chi connectivity index (χ3n) is 7.89. The smallest absolute Gasteiger partial charge is 0.299 e. The highest BCUT2D eigenvalue weighted by Crippen LogP contribution is 2.34. The van der Waals surface area contributed by atoms with Crippen molar-refractivity contribution in [2.24, 2.45) is 0 Å². The summed E-state index contributed by atoms with van der Waals surface area (Å²) >= 11 is 0. The lowest BCUT2D eigenvalue weighted by molar-refractivity contribution is 0.0463. The molecule has 3 aliphatic rings. The number of amides is 1. The Kier molecular flexibility index (Phi) is 5.75. The molecule has 0 aliphatic carbocycles. The van der Waals surface area contributed by atoms with Gasteiger partial charge in [0, 0.05) is 24.7 Å². The van der Waals surface area contributed by atoms with Gasteiger partial charge in [-0.05, 0) is 50.4 Å². The molecule has 1 N–H and O–H groups in total. The lowest BCUT2D eigenvalue weighted by Gasteiger charge is -2.47. The maximum absolute atomic E-state index is 13.4. The molecule has 178 valence electrons. The molecule has 0 radical (unpaired) electrons. The van der Waals surface area contributed by atoms with Crippen LogP contribution in [0, 0.1) is 0 Å². The average molecular weight is 461 g/mol. The van der Waals surface area contributed by atoms with Crippen LogP contribution < -0.4 is 10.2 Å². The molecule has 7 nitrogen and oxygen atoms in total. The Labute approximate surface area is 200 Å². The number of oxazole rings is 1. The van der Waals surface area contributed by atoms with Crippen molar-refractivity contribution in [2.45, 2.75) is 56.3 Å². The summed E-state index contributed by atoms with van der Waals surface area (Å²) in [6, 6.07) is 17.8. The van der Waals surface area contributed by atoms with Gasteiger partial charge in [0.05, 0.1) is 24.8 Å². The molecule has 3 aliphatic heterocycles. The van der Waals surface area contributed by atoms with Crippen molar-refractivity contribution in [3.05, 3.63) is 59.7 Å². The molecule has 7 heteroatoms. The number of carbonyl (C=O) groups is 1. The van der Waals surface area contributed by atoms with Gasteiger partial charge in [-0.15, -0.1) is 0 Å². The number of hydrogen-bond donors (Lipinski definition) is 1. The van der Waals surface area contributed by atoms with Gasteiger partial charge in [-0.3, -0.25) is 4.79 Å². The number of anilines is 1. The number of carbonyl (C=O) groups excluding carboxylic acids is 1. The first-order chi connectivity index (χ1) is 16.7. The van der Waals surface area contributed by atoms with Gasteiger partial charge in [0.25, 0.3) is 11.9 Å². The number of nitrogens with zero attached hydrogens (tertiary/aromatic N) is 3. The van der Waals surface area contributed by atoms with Crippen LogP contribution in [-0.4, -0.2) is 60.7 Å². The summed E-state index contributed by atoms with van der Waals surface area (Å²) in [6.45, 7) is 1.88. The molecule has 4 heterocycles. The zero-order valence-electron chi connectivity index (χ0n) is 19.7. The molecule has 3 aromatic rings. The summed E-state index contributed by atoms with van der Waals surface area (Å²) < 4.78 is 12.0. The van der Waals surface area contributed by atoms with E-state index < -0.39 is 0 Å². The second kappa shape index (κ2) is 9.04. The minimum atomic E-state index is -0.0559. The normalized spacial score (nSPS) is 27.6. The van der Waals surface area contributed by atoms with E-state index in [9.17, 15) is 4.79 Å². The molecule has 3 atom stereocenters. The summed E-state index contributed by atoms with van der Waals surface area (Å²) in [6.07, 6.45) is 5.79. The molecular formula is C27H32N4O3. The van der Waals surface area contributed by atoms with Crippen LogP contribution >= 0.6 is 0 Å². The van der Waals surface area contributed by atoms with Crippen molar-refractivity contribution in [1.82, 2.24) is 15.2 Å². The quantitative estimate of drug-likeness (QED) is 0.631. The average Bonchev–Trinajstić information content (AvgIpc) is 3.29. The Morgan fingerprint density at radius 2 is 1.85 bits per heavy atom. The number of rotatable bonds is 4. The van der Waals surface area contributed by atoms with Crippen LogP contribution in [0.1, 0.15) is 54.1 Å². The maximum atomic E-state index is 13.4. The van der Waals surface area contributed by atoms with E-state index in [1.807, 2.05) is 36.4 Å². The highest BCUT2D eigenvalue weighted by atomic mass is 16.5. The molecule has 1 amide bonds. The summed E-state index contributed by atoms with van der Waals surface area (Å²) in [5.74, 6) is -0.0559. The number of morpholine rings is 1. The molecule has 0 saturated carbocycles. The van der Waals surface area contributed by atoms with Gasteiger partial charge in [0.2, 0.25) is 0 Å². The molecule has 0 spiro atoms. The monoisotopic (exact) mass is 460 g/mol. The van der Waals surface area contributed by atoms with Gasteiger partial charge in [-0.2, -0.15) is 4.98 Å². The Morgan fingerprint density at radius 1 is 1.06 bits per heavy atom. The number of benzene rings is 2. The Morgan fingerprint density at radius 3 is 2.65 bits per heavy atom. The second-order valence-corrected chi connectivity index (χ2v) is 9.89. The third-order valence-corrected chi connectivity index (χ3v) is 7.89. The van der Waals surface area contributed by atoms with Crippen LogP contribution in [0.3, 0.4) is 0 Å².